The molecule has 1 aromatic carbocycles. The zero-order valence-corrected chi connectivity index (χ0v) is 10.1. The molecule has 0 saturated heterocycles. The molecule has 1 fully saturated rings. The Morgan fingerprint density at radius 3 is 2.47 bits per heavy atom. The molecule has 1 aliphatic rings. The first-order valence-electron chi connectivity index (χ1n) is 6.38. The van der Waals surface area contributed by atoms with Crippen LogP contribution in [0.3, 0.4) is 0 Å². The number of rotatable bonds is 3. The van der Waals surface area contributed by atoms with E-state index in [4.69, 9.17) is 5.73 Å². The summed E-state index contributed by atoms with van der Waals surface area (Å²) in [6.45, 7) is 0. The number of benzene rings is 1. The molecular formula is C14H20N2O. The Balaban J connectivity index is 1.91. The highest BCUT2D eigenvalue weighted by Gasteiger charge is 2.20. The van der Waals surface area contributed by atoms with Crippen molar-refractivity contribution in [3.8, 4) is 0 Å². The van der Waals surface area contributed by atoms with Crippen LogP contribution in [0.4, 0.5) is 0 Å². The number of hydrogen-bond acceptors (Lipinski definition) is 2. The minimum atomic E-state index is -0.543. The lowest BCUT2D eigenvalue weighted by atomic mass is 9.95. The molecule has 3 nitrogen and oxygen atoms in total. The zero-order valence-electron chi connectivity index (χ0n) is 10.1. The standard InChI is InChI=1S/C14H20N2O/c15-13(11-7-3-1-4-8-11)14(17)16-12-9-5-2-6-10-12/h1,3-4,7-8,12-13H,2,5-6,9-10,15H2,(H,16,17)/t13-/m1/s1. The summed E-state index contributed by atoms with van der Waals surface area (Å²) in [5.41, 5.74) is 6.82. The first-order chi connectivity index (χ1) is 8.27. The number of nitrogens with two attached hydrogens (primary N) is 1. The summed E-state index contributed by atoms with van der Waals surface area (Å²) < 4.78 is 0. The lowest BCUT2D eigenvalue weighted by Crippen LogP contribution is -2.41. The van der Waals surface area contributed by atoms with Crippen molar-refractivity contribution in [2.75, 3.05) is 0 Å². The molecule has 1 atom stereocenters. The molecule has 0 bridgehead atoms. The molecule has 0 radical (unpaired) electrons. The molecule has 92 valence electrons. The lowest BCUT2D eigenvalue weighted by Gasteiger charge is -2.24. The summed E-state index contributed by atoms with van der Waals surface area (Å²) in [6, 6.07) is 9.31. The number of carbonyl (C=O) groups excluding carboxylic acids is 1. The van der Waals surface area contributed by atoms with Crippen LogP contribution in [-0.4, -0.2) is 11.9 Å². The molecular weight excluding hydrogens is 212 g/mol. The molecule has 0 aliphatic heterocycles. The van der Waals surface area contributed by atoms with E-state index in [0.29, 0.717) is 6.04 Å². The number of nitrogens with one attached hydrogen (secondary N) is 1. The summed E-state index contributed by atoms with van der Waals surface area (Å²) in [5.74, 6) is -0.0527. The third kappa shape index (κ3) is 3.30. The highest BCUT2D eigenvalue weighted by atomic mass is 16.2. The molecule has 3 heteroatoms. The monoisotopic (exact) mass is 232 g/mol. The van der Waals surface area contributed by atoms with Gasteiger partial charge in [0.1, 0.15) is 6.04 Å². The third-order valence-corrected chi connectivity index (χ3v) is 3.39. The van der Waals surface area contributed by atoms with Gasteiger partial charge in [-0.05, 0) is 18.4 Å². The second-order valence-corrected chi connectivity index (χ2v) is 4.73. The molecule has 0 unspecified atom stereocenters. The summed E-state index contributed by atoms with van der Waals surface area (Å²) in [7, 11) is 0. The highest BCUT2D eigenvalue weighted by Crippen LogP contribution is 2.18. The highest BCUT2D eigenvalue weighted by molar-refractivity contribution is 5.83. The molecule has 1 aromatic rings. The van der Waals surface area contributed by atoms with Crippen LogP contribution in [0.25, 0.3) is 0 Å². The predicted molar refractivity (Wildman–Crippen MR) is 68.4 cm³/mol. The maximum Gasteiger partial charge on any atom is 0.241 e. The van der Waals surface area contributed by atoms with Crippen molar-refractivity contribution in [3.63, 3.8) is 0 Å². The van der Waals surface area contributed by atoms with Gasteiger partial charge in [0.15, 0.2) is 0 Å². The van der Waals surface area contributed by atoms with Gasteiger partial charge >= 0.3 is 0 Å². The second-order valence-electron chi connectivity index (χ2n) is 4.73. The Bertz CT molecular complexity index is 358. The fourth-order valence-corrected chi connectivity index (χ4v) is 2.35. The summed E-state index contributed by atoms with van der Waals surface area (Å²) in [5, 5.41) is 3.05. The lowest BCUT2D eigenvalue weighted by molar-refractivity contribution is -0.123. The van der Waals surface area contributed by atoms with Crippen LogP contribution in [0.2, 0.25) is 0 Å². The largest absolute Gasteiger partial charge is 0.352 e. The first kappa shape index (κ1) is 12.1. The van der Waals surface area contributed by atoms with Gasteiger partial charge in [-0.3, -0.25) is 4.79 Å². The van der Waals surface area contributed by atoms with Crippen LogP contribution in [0.15, 0.2) is 30.3 Å². The molecule has 2 rings (SSSR count). The van der Waals surface area contributed by atoms with Gasteiger partial charge in [0.05, 0.1) is 0 Å². The van der Waals surface area contributed by atoms with E-state index in [1.54, 1.807) is 0 Å². The quantitative estimate of drug-likeness (QED) is 0.839. The first-order valence-corrected chi connectivity index (χ1v) is 6.38. The molecule has 0 heterocycles. The zero-order chi connectivity index (χ0) is 12.1. The average Bonchev–Trinajstić information content (AvgIpc) is 2.40. The van der Waals surface area contributed by atoms with Gasteiger partial charge in [-0.15, -0.1) is 0 Å². The molecule has 17 heavy (non-hydrogen) atoms. The fourth-order valence-electron chi connectivity index (χ4n) is 2.35. The van der Waals surface area contributed by atoms with E-state index in [1.165, 1.54) is 19.3 Å². The molecule has 1 aliphatic carbocycles. The topological polar surface area (TPSA) is 55.1 Å². The van der Waals surface area contributed by atoms with Crippen LogP contribution >= 0.6 is 0 Å². The third-order valence-electron chi connectivity index (χ3n) is 3.39. The Kier molecular flexibility index (Phi) is 4.15. The second kappa shape index (κ2) is 5.82. The van der Waals surface area contributed by atoms with E-state index in [0.717, 1.165) is 18.4 Å². The van der Waals surface area contributed by atoms with Gasteiger partial charge < -0.3 is 11.1 Å². The van der Waals surface area contributed by atoms with Gasteiger partial charge in [0, 0.05) is 6.04 Å². The van der Waals surface area contributed by atoms with Crippen LogP contribution in [0.1, 0.15) is 43.7 Å². The molecule has 1 saturated carbocycles. The summed E-state index contributed by atoms with van der Waals surface area (Å²) in [6.07, 6.45) is 5.90. The van der Waals surface area contributed by atoms with E-state index < -0.39 is 6.04 Å². The van der Waals surface area contributed by atoms with Crippen LogP contribution < -0.4 is 11.1 Å². The van der Waals surface area contributed by atoms with Crippen molar-refractivity contribution >= 4 is 5.91 Å². The van der Waals surface area contributed by atoms with E-state index >= 15 is 0 Å². The minimum absolute atomic E-state index is 0.0527. The van der Waals surface area contributed by atoms with E-state index in [2.05, 4.69) is 5.32 Å². The smallest absolute Gasteiger partial charge is 0.241 e. The maximum absolute atomic E-state index is 12.0. The van der Waals surface area contributed by atoms with Gasteiger partial charge in [-0.1, -0.05) is 49.6 Å². The Labute approximate surface area is 102 Å². The van der Waals surface area contributed by atoms with Crippen molar-refractivity contribution in [2.24, 2.45) is 5.73 Å². The normalized spacial score (nSPS) is 18.6. The maximum atomic E-state index is 12.0. The van der Waals surface area contributed by atoms with E-state index in [-0.39, 0.29) is 5.91 Å². The van der Waals surface area contributed by atoms with E-state index in [1.807, 2.05) is 30.3 Å². The average molecular weight is 232 g/mol. The SMILES string of the molecule is N[C@@H](C(=O)NC1CCCCC1)c1ccccc1. The van der Waals surface area contributed by atoms with Crippen LogP contribution in [0.5, 0.6) is 0 Å². The van der Waals surface area contributed by atoms with Crippen molar-refractivity contribution < 1.29 is 4.79 Å². The Morgan fingerprint density at radius 1 is 1.18 bits per heavy atom. The molecule has 1 amide bonds. The minimum Gasteiger partial charge on any atom is -0.352 e. The van der Waals surface area contributed by atoms with Crippen molar-refractivity contribution in [2.45, 2.75) is 44.2 Å². The summed E-state index contributed by atoms with van der Waals surface area (Å²) in [4.78, 5) is 12.0. The Morgan fingerprint density at radius 2 is 1.82 bits per heavy atom. The number of hydrogen-bond donors (Lipinski definition) is 2. The molecule has 0 spiro atoms. The van der Waals surface area contributed by atoms with Gasteiger partial charge in [0.25, 0.3) is 0 Å². The number of amides is 1. The summed E-state index contributed by atoms with van der Waals surface area (Å²) >= 11 is 0. The predicted octanol–water partition coefficient (Wildman–Crippen LogP) is 2.14. The van der Waals surface area contributed by atoms with E-state index in [9.17, 15) is 4.79 Å². The van der Waals surface area contributed by atoms with Crippen molar-refractivity contribution in [1.82, 2.24) is 5.32 Å². The Hall–Kier alpha value is -1.35. The van der Waals surface area contributed by atoms with Crippen LogP contribution in [-0.2, 0) is 4.79 Å². The van der Waals surface area contributed by atoms with Crippen molar-refractivity contribution in [3.05, 3.63) is 35.9 Å². The fraction of sp³-hybridized carbons (Fsp3) is 0.500. The number of carbonyl (C=O) groups is 1. The van der Waals surface area contributed by atoms with Gasteiger partial charge in [-0.2, -0.15) is 0 Å². The van der Waals surface area contributed by atoms with Crippen LogP contribution in [0, 0.1) is 0 Å². The van der Waals surface area contributed by atoms with Gasteiger partial charge in [-0.25, -0.2) is 0 Å². The van der Waals surface area contributed by atoms with Crippen molar-refractivity contribution in [1.29, 1.82) is 0 Å². The molecule has 3 N–H and O–H groups in total. The molecule has 0 aromatic heterocycles. The van der Waals surface area contributed by atoms with Gasteiger partial charge in [0.2, 0.25) is 5.91 Å².